The molecule has 0 radical (unpaired) electrons. The zero-order valence-electron chi connectivity index (χ0n) is 16.2. The van der Waals surface area contributed by atoms with Crippen molar-refractivity contribution < 1.29 is 14.4 Å². The molecule has 3 amide bonds. The maximum absolute atomic E-state index is 13.2. The largest absolute Gasteiger partial charge is 0.322 e. The number of amides is 3. The number of aryl methyl sites for hydroxylation is 1. The van der Waals surface area contributed by atoms with Gasteiger partial charge in [0.1, 0.15) is 0 Å². The van der Waals surface area contributed by atoms with E-state index >= 15 is 0 Å². The van der Waals surface area contributed by atoms with Crippen molar-refractivity contribution in [1.82, 2.24) is 0 Å². The quantitative estimate of drug-likeness (QED) is 0.642. The first kappa shape index (κ1) is 17.9. The minimum atomic E-state index is -0.319. The lowest BCUT2D eigenvalue weighted by Gasteiger charge is -2.20. The standard InChI is InChI=1S/C24H22N2O3/c1-2-14-7-3-5-9-18(14)25-22(27)17-8-4-6-10-19(17)26-23(28)20-15-11-12-16(13-15)21(20)24(26)29/h3-12,15-16,20-21H,2,13H2,1H3,(H,25,27)/t15-,16-,20-,21-/m0/s1. The molecule has 1 N–H and O–H groups in total. The zero-order valence-corrected chi connectivity index (χ0v) is 16.2. The Bertz CT molecular complexity index is 1030. The average molecular weight is 386 g/mol. The van der Waals surface area contributed by atoms with Crippen LogP contribution in [0.3, 0.4) is 0 Å². The molecule has 1 heterocycles. The number of benzene rings is 2. The highest BCUT2D eigenvalue weighted by molar-refractivity contribution is 6.25. The van der Waals surface area contributed by atoms with E-state index in [1.807, 2.05) is 31.2 Å². The summed E-state index contributed by atoms with van der Waals surface area (Å²) in [5, 5.41) is 2.95. The summed E-state index contributed by atoms with van der Waals surface area (Å²) >= 11 is 0. The molecule has 5 nitrogen and oxygen atoms in total. The third-order valence-electron chi connectivity index (χ3n) is 6.51. The van der Waals surface area contributed by atoms with Crippen molar-refractivity contribution in [2.24, 2.45) is 23.7 Å². The minimum Gasteiger partial charge on any atom is -0.322 e. The second-order valence-electron chi connectivity index (χ2n) is 7.99. The first-order valence-electron chi connectivity index (χ1n) is 10.1. The molecule has 2 bridgehead atoms. The number of allylic oxidation sites excluding steroid dienone is 2. The van der Waals surface area contributed by atoms with Crippen LogP contribution in [-0.4, -0.2) is 17.7 Å². The van der Waals surface area contributed by atoms with Gasteiger partial charge in [0.15, 0.2) is 0 Å². The Morgan fingerprint density at radius 2 is 1.59 bits per heavy atom. The summed E-state index contributed by atoms with van der Waals surface area (Å²) in [6.07, 6.45) is 5.82. The van der Waals surface area contributed by atoms with Crippen molar-refractivity contribution in [3.05, 3.63) is 71.8 Å². The number of rotatable bonds is 4. The van der Waals surface area contributed by atoms with Crippen LogP contribution in [0.15, 0.2) is 60.7 Å². The van der Waals surface area contributed by atoms with E-state index in [2.05, 4.69) is 17.5 Å². The number of para-hydroxylation sites is 2. The smallest absolute Gasteiger partial charge is 0.257 e. The monoisotopic (exact) mass is 386 g/mol. The first-order chi connectivity index (χ1) is 14.1. The van der Waals surface area contributed by atoms with E-state index in [0.29, 0.717) is 11.3 Å². The first-order valence-corrected chi connectivity index (χ1v) is 10.1. The van der Waals surface area contributed by atoms with Crippen LogP contribution in [0.2, 0.25) is 0 Å². The molecule has 0 spiro atoms. The van der Waals surface area contributed by atoms with Gasteiger partial charge in [-0.15, -0.1) is 0 Å². The maximum atomic E-state index is 13.2. The lowest BCUT2D eigenvalue weighted by atomic mass is 9.85. The molecule has 5 heteroatoms. The third-order valence-corrected chi connectivity index (χ3v) is 6.51. The van der Waals surface area contributed by atoms with Gasteiger partial charge in [-0.3, -0.25) is 14.4 Å². The zero-order chi connectivity index (χ0) is 20.1. The summed E-state index contributed by atoms with van der Waals surface area (Å²) < 4.78 is 0. The molecule has 1 saturated carbocycles. The molecule has 3 aliphatic rings. The van der Waals surface area contributed by atoms with Gasteiger partial charge in [0.05, 0.1) is 23.1 Å². The molecule has 29 heavy (non-hydrogen) atoms. The molecule has 0 unspecified atom stereocenters. The highest BCUT2D eigenvalue weighted by Crippen LogP contribution is 2.53. The van der Waals surface area contributed by atoms with Gasteiger partial charge < -0.3 is 5.32 Å². The van der Waals surface area contributed by atoms with E-state index in [1.54, 1.807) is 24.3 Å². The number of anilines is 2. The molecule has 146 valence electrons. The molecule has 4 atom stereocenters. The third kappa shape index (κ3) is 2.64. The molecule has 2 aliphatic carbocycles. The van der Waals surface area contributed by atoms with Crippen molar-refractivity contribution in [3.8, 4) is 0 Å². The molecule has 5 rings (SSSR count). The van der Waals surface area contributed by atoms with E-state index in [-0.39, 0.29) is 41.4 Å². The van der Waals surface area contributed by atoms with Gasteiger partial charge in [-0.05, 0) is 48.4 Å². The van der Waals surface area contributed by atoms with Crippen LogP contribution in [0, 0.1) is 23.7 Å². The summed E-state index contributed by atoms with van der Waals surface area (Å²) in [6.45, 7) is 2.03. The van der Waals surface area contributed by atoms with Crippen LogP contribution in [0.25, 0.3) is 0 Å². The number of hydrogen-bond donors (Lipinski definition) is 1. The molecule has 0 aromatic heterocycles. The predicted molar refractivity (Wildman–Crippen MR) is 110 cm³/mol. The van der Waals surface area contributed by atoms with E-state index < -0.39 is 0 Å². The minimum absolute atomic E-state index is 0.142. The van der Waals surface area contributed by atoms with Gasteiger partial charge in [0.2, 0.25) is 11.8 Å². The number of nitrogens with one attached hydrogen (secondary N) is 1. The number of hydrogen-bond acceptors (Lipinski definition) is 3. The highest BCUT2D eigenvalue weighted by atomic mass is 16.2. The Hall–Kier alpha value is -3.21. The Kier molecular flexibility index (Phi) is 4.12. The fourth-order valence-corrected chi connectivity index (χ4v) is 5.14. The SMILES string of the molecule is CCc1ccccc1NC(=O)c1ccccc1N1C(=O)[C@@H]2[C@@H](C1=O)[C@H]1C=C[C@H]2C1. The van der Waals surface area contributed by atoms with Gasteiger partial charge in [0, 0.05) is 5.69 Å². The number of carbonyl (C=O) groups excluding carboxylic acids is 3. The summed E-state index contributed by atoms with van der Waals surface area (Å²) in [6, 6.07) is 14.5. The number of imide groups is 1. The van der Waals surface area contributed by atoms with Gasteiger partial charge in [-0.2, -0.15) is 0 Å². The second-order valence-corrected chi connectivity index (χ2v) is 7.99. The molecular formula is C24H22N2O3. The average Bonchev–Trinajstić information content (AvgIpc) is 3.42. The molecule has 2 fully saturated rings. The van der Waals surface area contributed by atoms with Crippen LogP contribution < -0.4 is 10.2 Å². The van der Waals surface area contributed by atoms with E-state index in [4.69, 9.17) is 0 Å². The normalized spacial score (nSPS) is 26.9. The Morgan fingerprint density at radius 1 is 0.966 bits per heavy atom. The van der Waals surface area contributed by atoms with Crippen molar-refractivity contribution in [2.45, 2.75) is 19.8 Å². The van der Waals surface area contributed by atoms with Gasteiger partial charge in [-0.1, -0.05) is 49.4 Å². The van der Waals surface area contributed by atoms with Crippen LogP contribution in [0.4, 0.5) is 11.4 Å². The predicted octanol–water partition coefficient (Wildman–Crippen LogP) is 3.81. The van der Waals surface area contributed by atoms with Crippen LogP contribution in [0.1, 0.15) is 29.3 Å². The van der Waals surface area contributed by atoms with Crippen LogP contribution >= 0.6 is 0 Å². The molecule has 1 aliphatic heterocycles. The topological polar surface area (TPSA) is 66.5 Å². The van der Waals surface area contributed by atoms with E-state index in [0.717, 1.165) is 24.1 Å². The van der Waals surface area contributed by atoms with Gasteiger partial charge >= 0.3 is 0 Å². The molecule has 1 saturated heterocycles. The maximum Gasteiger partial charge on any atom is 0.257 e. The van der Waals surface area contributed by atoms with Gasteiger partial charge in [0.25, 0.3) is 5.91 Å². The van der Waals surface area contributed by atoms with Gasteiger partial charge in [-0.25, -0.2) is 4.90 Å². The molecular weight excluding hydrogens is 364 g/mol. The fourth-order valence-electron chi connectivity index (χ4n) is 5.14. The number of nitrogens with zero attached hydrogens (tertiary/aromatic N) is 1. The second kappa shape index (κ2) is 6.69. The Balaban J connectivity index is 1.48. The lowest BCUT2D eigenvalue weighted by Crippen LogP contribution is -2.34. The Morgan fingerprint density at radius 3 is 2.28 bits per heavy atom. The number of carbonyl (C=O) groups is 3. The van der Waals surface area contributed by atoms with Crippen LogP contribution in [0.5, 0.6) is 0 Å². The van der Waals surface area contributed by atoms with Crippen molar-refractivity contribution in [3.63, 3.8) is 0 Å². The summed E-state index contributed by atoms with van der Waals surface area (Å²) in [4.78, 5) is 40.7. The van der Waals surface area contributed by atoms with E-state index in [1.165, 1.54) is 4.90 Å². The van der Waals surface area contributed by atoms with Crippen molar-refractivity contribution >= 4 is 29.1 Å². The highest BCUT2D eigenvalue weighted by Gasteiger charge is 2.59. The molecule has 2 aromatic carbocycles. The number of fused-ring (bicyclic) bond motifs is 5. The Labute approximate surface area is 169 Å². The lowest BCUT2D eigenvalue weighted by molar-refractivity contribution is -0.123. The molecule has 2 aromatic rings. The summed E-state index contributed by atoms with van der Waals surface area (Å²) in [5.41, 5.74) is 2.49. The van der Waals surface area contributed by atoms with Crippen LogP contribution in [-0.2, 0) is 16.0 Å². The van der Waals surface area contributed by atoms with Crippen molar-refractivity contribution in [2.75, 3.05) is 10.2 Å². The summed E-state index contributed by atoms with van der Waals surface area (Å²) in [7, 11) is 0. The fraction of sp³-hybridized carbons (Fsp3) is 0.292. The van der Waals surface area contributed by atoms with Crippen molar-refractivity contribution in [1.29, 1.82) is 0 Å². The summed E-state index contributed by atoms with van der Waals surface area (Å²) in [5.74, 6) is -0.950. The van der Waals surface area contributed by atoms with E-state index in [9.17, 15) is 14.4 Å².